The summed E-state index contributed by atoms with van der Waals surface area (Å²) in [5.74, 6) is -0.205. The molecular weight excluding hydrogens is 269 g/mol. The summed E-state index contributed by atoms with van der Waals surface area (Å²) in [7, 11) is 2.01. The summed E-state index contributed by atoms with van der Waals surface area (Å²) in [6.45, 7) is 6.02. The number of nitrogens with zero attached hydrogens (tertiary/aromatic N) is 3. The third-order valence-corrected chi connectivity index (χ3v) is 3.61. The summed E-state index contributed by atoms with van der Waals surface area (Å²) in [4.78, 5) is 2.13. The van der Waals surface area contributed by atoms with Crippen LogP contribution in [-0.2, 0) is 19.6 Å². The lowest BCUT2D eigenvalue weighted by atomic mass is 10.1. The van der Waals surface area contributed by atoms with E-state index in [2.05, 4.69) is 10.00 Å². The Kier molecular flexibility index (Phi) is 5.09. The van der Waals surface area contributed by atoms with Crippen LogP contribution in [0.4, 0.5) is 4.39 Å². The first kappa shape index (κ1) is 15.7. The quantitative estimate of drug-likeness (QED) is 0.887. The molecule has 0 bridgehead atoms. The van der Waals surface area contributed by atoms with Gasteiger partial charge in [0.25, 0.3) is 0 Å². The van der Waals surface area contributed by atoms with Crippen LogP contribution in [0.15, 0.2) is 24.3 Å². The molecule has 21 heavy (non-hydrogen) atoms. The van der Waals surface area contributed by atoms with Gasteiger partial charge in [-0.2, -0.15) is 5.10 Å². The largest absolute Gasteiger partial charge is 0.394 e. The Hall–Kier alpha value is -1.72. The molecule has 0 saturated heterocycles. The van der Waals surface area contributed by atoms with Crippen LogP contribution in [0.5, 0.6) is 0 Å². The van der Waals surface area contributed by atoms with E-state index in [-0.39, 0.29) is 12.4 Å². The Labute approximate surface area is 124 Å². The molecule has 0 fully saturated rings. The Bertz CT molecular complexity index is 610. The molecule has 5 heteroatoms. The maximum atomic E-state index is 13.2. The average molecular weight is 291 g/mol. The normalized spacial score (nSPS) is 11.3. The standard InChI is InChI=1S/C16H22FN3O/c1-12-16(13(2)20(18-12)7-8-21)11-19(3)10-14-5-4-6-15(17)9-14/h4-6,9,21H,7-8,10-11H2,1-3H3. The summed E-state index contributed by atoms with van der Waals surface area (Å²) in [6, 6.07) is 6.67. The first-order valence-corrected chi connectivity index (χ1v) is 7.08. The molecule has 2 aromatic rings. The van der Waals surface area contributed by atoms with Crippen molar-refractivity contribution in [2.24, 2.45) is 0 Å². The van der Waals surface area contributed by atoms with Crippen LogP contribution >= 0.6 is 0 Å². The summed E-state index contributed by atoms with van der Waals surface area (Å²) < 4.78 is 15.0. The SMILES string of the molecule is Cc1nn(CCO)c(C)c1CN(C)Cc1cccc(F)c1. The number of aliphatic hydroxyl groups is 1. The van der Waals surface area contributed by atoms with Gasteiger partial charge >= 0.3 is 0 Å². The van der Waals surface area contributed by atoms with Crippen LogP contribution in [0.25, 0.3) is 0 Å². The molecule has 4 nitrogen and oxygen atoms in total. The van der Waals surface area contributed by atoms with Crippen molar-refractivity contribution >= 4 is 0 Å². The van der Waals surface area contributed by atoms with Crippen molar-refractivity contribution in [1.29, 1.82) is 0 Å². The highest BCUT2D eigenvalue weighted by atomic mass is 19.1. The van der Waals surface area contributed by atoms with Gasteiger partial charge in [-0.3, -0.25) is 9.58 Å². The summed E-state index contributed by atoms with van der Waals surface area (Å²) in [5, 5.41) is 13.5. The topological polar surface area (TPSA) is 41.3 Å². The first-order chi connectivity index (χ1) is 10.0. The minimum absolute atomic E-state index is 0.0839. The first-order valence-electron chi connectivity index (χ1n) is 7.08. The zero-order valence-corrected chi connectivity index (χ0v) is 12.8. The third kappa shape index (κ3) is 3.89. The molecule has 2 rings (SSSR count). The van der Waals surface area contributed by atoms with Crippen molar-refractivity contribution in [3.8, 4) is 0 Å². The van der Waals surface area contributed by atoms with Gasteiger partial charge in [0, 0.05) is 24.3 Å². The molecule has 0 aliphatic rings. The van der Waals surface area contributed by atoms with Gasteiger partial charge in [-0.15, -0.1) is 0 Å². The predicted molar refractivity (Wildman–Crippen MR) is 80.4 cm³/mol. The van der Waals surface area contributed by atoms with Crippen molar-refractivity contribution in [2.45, 2.75) is 33.5 Å². The van der Waals surface area contributed by atoms with Crippen LogP contribution in [0.1, 0.15) is 22.5 Å². The average Bonchev–Trinajstić information content (AvgIpc) is 2.67. The van der Waals surface area contributed by atoms with Gasteiger partial charge in [-0.05, 0) is 38.6 Å². The number of benzene rings is 1. The van der Waals surface area contributed by atoms with E-state index in [0.717, 1.165) is 23.5 Å². The molecular formula is C16H22FN3O. The van der Waals surface area contributed by atoms with E-state index in [1.807, 2.05) is 31.6 Å². The summed E-state index contributed by atoms with van der Waals surface area (Å²) in [6.07, 6.45) is 0. The second kappa shape index (κ2) is 6.83. The van der Waals surface area contributed by atoms with Crippen molar-refractivity contribution in [2.75, 3.05) is 13.7 Å². The molecule has 0 spiro atoms. The van der Waals surface area contributed by atoms with Gasteiger partial charge in [0.05, 0.1) is 18.8 Å². The third-order valence-electron chi connectivity index (χ3n) is 3.61. The van der Waals surface area contributed by atoms with E-state index in [0.29, 0.717) is 13.1 Å². The van der Waals surface area contributed by atoms with E-state index in [9.17, 15) is 4.39 Å². The molecule has 114 valence electrons. The van der Waals surface area contributed by atoms with Crippen LogP contribution in [0.3, 0.4) is 0 Å². The molecule has 1 aromatic heterocycles. The van der Waals surface area contributed by atoms with E-state index < -0.39 is 0 Å². The maximum Gasteiger partial charge on any atom is 0.123 e. The Morgan fingerprint density at radius 3 is 2.71 bits per heavy atom. The highest BCUT2D eigenvalue weighted by Crippen LogP contribution is 2.16. The lowest BCUT2D eigenvalue weighted by Gasteiger charge is -2.17. The van der Waals surface area contributed by atoms with Gasteiger partial charge in [0.15, 0.2) is 0 Å². The molecule has 0 atom stereocenters. The number of aromatic nitrogens is 2. The van der Waals surface area contributed by atoms with Crippen molar-refractivity contribution in [3.63, 3.8) is 0 Å². The van der Waals surface area contributed by atoms with Gasteiger partial charge in [0.2, 0.25) is 0 Å². The number of rotatable bonds is 6. The molecule has 0 aliphatic carbocycles. The molecule has 0 amide bonds. The van der Waals surface area contributed by atoms with E-state index in [4.69, 9.17) is 5.11 Å². The molecule has 0 unspecified atom stereocenters. The van der Waals surface area contributed by atoms with Gasteiger partial charge in [0.1, 0.15) is 5.82 Å². The molecule has 1 heterocycles. The van der Waals surface area contributed by atoms with Crippen molar-refractivity contribution in [3.05, 3.63) is 52.6 Å². The minimum Gasteiger partial charge on any atom is -0.394 e. The number of hydrogen-bond donors (Lipinski definition) is 1. The predicted octanol–water partition coefficient (Wildman–Crippen LogP) is 2.26. The van der Waals surface area contributed by atoms with Crippen molar-refractivity contribution in [1.82, 2.24) is 14.7 Å². The lowest BCUT2D eigenvalue weighted by molar-refractivity contribution is 0.267. The number of aliphatic hydroxyl groups excluding tert-OH is 1. The Morgan fingerprint density at radius 1 is 1.29 bits per heavy atom. The highest BCUT2D eigenvalue weighted by Gasteiger charge is 2.13. The van der Waals surface area contributed by atoms with Gasteiger partial charge in [-0.1, -0.05) is 12.1 Å². The second-order valence-electron chi connectivity index (χ2n) is 5.40. The number of aryl methyl sites for hydroxylation is 1. The zero-order chi connectivity index (χ0) is 15.4. The molecule has 0 saturated carbocycles. The summed E-state index contributed by atoms with van der Waals surface area (Å²) in [5.41, 5.74) is 4.18. The molecule has 0 aliphatic heterocycles. The fourth-order valence-electron chi connectivity index (χ4n) is 2.55. The van der Waals surface area contributed by atoms with Crippen LogP contribution in [0, 0.1) is 19.7 Å². The monoisotopic (exact) mass is 291 g/mol. The fourth-order valence-corrected chi connectivity index (χ4v) is 2.55. The van der Waals surface area contributed by atoms with Crippen LogP contribution < -0.4 is 0 Å². The summed E-state index contributed by atoms with van der Waals surface area (Å²) >= 11 is 0. The van der Waals surface area contributed by atoms with Gasteiger partial charge in [-0.25, -0.2) is 4.39 Å². The van der Waals surface area contributed by atoms with E-state index in [1.54, 1.807) is 12.1 Å². The van der Waals surface area contributed by atoms with Crippen LogP contribution in [-0.4, -0.2) is 33.4 Å². The number of halogens is 1. The van der Waals surface area contributed by atoms with Gasteiger partial charge < -0.3 is 5.11 Å². The fraction of sp³-hybridized carbons (Fsp3) is 0.438. The minimum atomic E-state index is -0.205. The molecule has 1 N–H and O–H groups in total. The van der Waals surface area contributed by atoms with Crippen LogP contribution in [0.2, 0.25) is 0 Å². The maximum absolute atomic E-state index is 13.2. The second-order valence-corrected chi connectivity index (χ2v) is 5.40. The smallest absolute Gasteiger partial charge is 0.123 e. The van der Waals surface area contributed by atoms with Crippen molar-refractivity contribution < 1.29 is 9.50 Å². The molecule has 0 radical (unpaired) electrons. The Morgan fingerprint density at radius 2 is 2.05 bits per heavy atom. The zero-order valence-electron chi connectivity index (χ0n) is 12.8. The molecule has 1 aromatic carbocycles. The number of hydrogen-bond acceptors (Lipinski definition) is 3. The van der Waals surface area contributed by atoms with E-state index >= 15 is 0 Å². The lowest BCUT2D eigenvalue weighted by Crippen LogP contribution is -2.18. The highest BCUT2D eigenvalue weighted by molar-refractivity contribution is 5.24. The van der Waals surface area contributed by atoms with E-state index in [1.165, 1.54) is 11.6 Å². The Balaban J connectivity index is 2.07.